The van der Waals surface area contributed by atoms with Crippen LogP contribution < -0.4 is 0 Å². The van der Waals surface area contributed by atoms with Crippen molar-refractivity contribution in [3.63, 3.8) is 0 Å². The van der Waals surface area contributed by atoms with E-state index in [2.05, 4.69) is 18.0 Å². The Morgan fingerprint density at radius 1 is 1.50 bits per heavy atom. The molecule has 0 heterocycles. The van der Waals surface area contributed by atoms with Gasteiger partial charge in [-0.15, -0.1) is 0 Å². The van der Waals surface area contributed by atoms with E-state index < -0.39 is 0 Å². The molecule has 8 heavy (non-hydrogen) atoms. The molecule has 0 aromatic rings. The third-order valence-electron chi connectivity index (χ3n) is 0.523. The minimum absolute atomic E-state index is 1.13. The summed E-state index contributed by atoms with van der Waals surface area (Å²) in [5.41, 5.74) is 6.82. The van der Waals surface area contributed by atoms with Crippen molar-refractivity contribution in [3.05, 3.63) is 35.8 Å². The quantitative estimate of drug-likeness (QED) is 0.356. The molecule has 0 radical (unpaired) electrons. The van der Waals surface area contributed by atoms with Gasteiger partial charge in [0, 0.05) is 0 Å². The second-order valence-corrected chi connectivity index (χ2v) is 1.67. The second-order valence-electron chi connectivity index (χ2n) is 1.67. The summed E-state index contributed by atoms with van der Waals surface area (Å²) in [6.07, 6.45) is 3.41. The molecule has 0 bridgehead atoms. The van der Waals surface area contributed by atoms with E-state index in [1.807, 2.05) is 13.8 Å². The van der Waals surface area contributed by atoms with Crippen molar-refractivity contribution in [2.45, 2.75) is 13.8 Å². The highest BCUT2D eigenvalue weighted by Crippen LogP contribution is 1.80. The Balaban J connectivity index is 4.21. The maximum absolute atomic E-state index is 3.49. The maximum atomic E-state index is 3.49. The molecule has 0 aliphatic rings. The third kappa shape index (κ3) is 5.04. The van der Waals surface area contributed by atoms with Crippen molar-refractivity contribution in [3.8, 4) is 0 Å². The van der Waals surface area contributed by atoms with E-state index in [1.54, 1.807) is 12.2 Å². The molecule has 0 nitrogen and oxygen atoms in total. The van der Waals surface area contributed by atoms with E-state index in [9.17, 15) is 0 Å². The van der Waals surface area contributed by atoms with Crippen LogP contribution in [0.15, 0.2) is 35.8 Å². The Kier molecular flexibility index (Phi) is 3.70. The van der Waals surface area contributed by atoms with Gasteiger partial charge in [-0.25, -0.2) is 0 Å². The first-order chi connectivity index (χ1) is 3.77. The van der Waals surface area contributed by atoms with Crippen LogP contribution in [0.25, 0.3) is 0 Å². The van der Waals surface area contributed by atoms with Gasteiger partial charge in [0.05, 0.1) is 0 Å². The Hall–Kier alpha value is -0.960. The lowest BCUT2D eigenvalue weighted by Gasteiger charge is -1.68. The van der Waals surface area contributed by atoms with Gasteiger partial charge in [-0.1, -0.05) is 24.1 Å². The van der Waals surface area contributed by atoms with Gasteiger partial charge in [-0.2, -0.15) is 0 Å². The molecule has 42 valence electrons. The highest BCUT2D eigenvalue weighted by Gasteiger charge is 1.61. The van der Waals surface area contributed by atoms with Crippen LogP contribution in [0, 0.1) is 0 Å². The molecule has 0 aromatic heterocycles. The largest absolute Gasteiger partial charge is 0.0984 e. The van der Waals surface area contributed by atoms with Crippen LogP contribution in [-0.2, 0) is 0 Å². The van der Waals surface area contributed by atoms with Gasteiger partial charge in [-0.3, -0.25) is 0 Å². The van der Waals surface area contributed by atoms with Crippen LogP contribution in [0.3, 0.4) is 0 Å². The van der Waals surface area contributed by atoms with E-state index >= 15 is 0 Å². The Morgan fingerprint density at radius 3 is 2.50 bits per heavy atom. The topological polar surface area (TPSA) is 0 Å². The molecule has 0 saturated carbocycles. The van der Waals surface area contributed by atoms with E-state index in [4.69, 9.17) is 0 Å². The summed E-state index contributed by atoms with van der Waals surface area (Å²) in [5.74, 6) is 0. The van der Waals surface area contributed by atoms with Crippen LogP contribution >= 0.6 is 0 Å². The molecule has 0 aromatic carbocycles. The molecule has 0 unspecified atom stereocenters. The number of rotatable bonds is 1. The van der Waals surface area contributed by atoms with Crippen LogP contribution in [0.5, 0.6) is 0 Å². The lowest BCUT2D eigenvalue weighted by Crippen LogP contribution is -1.49. The molecule has 0 saturated heterocycles. The van der Waals surface area contributed by atoms with Crippen LogP contribution in [0.2, 0.25) is 0 Å². The second kappa shape index (κ2) is 4.21. The molecule has 0 aliphatic carbocycles. The van der Waals surface area contributed by atoms with Crippen molar-refractivity contribution < 1.29 is 0 Å². The summed E-state index contributed by atoms with van der Waals surface area (Å²) >= 11 is 0. The van der Waals surface area contributed by atoms with Gasteiger partial charge in [-0.05, 0) is 25.5 Å². The first-order valence-corrected chi connectivity index (χ1v) is 2.53. The summed E-state index contributed by atoms with van der Waals surface area (Å²) < 4.78 is 0. The Bertz CT molecular complexity index is 156. The van der Waals surface area contributed by atoms with E-state index in [-0.39, 0.29) is 0 Å². The van der Waals surface area contributed by atoms with Gasteiger partial charge < -0.3 is 0 Å². The standard InChI is InChI=1S/C8H10/c1-4-5-6-7-8(2)3/h4-5H,1H2,2-3H3. The number of hydrogen-bond donors (Lipinski definition) is 0. The van der Waals surface area contributed by atoms with E-state index in [1.165, 1.54) is 0 Å². The van der Waals surface area contributed by atoms with Crippen molar-refractivity contribution in [2.24, 2.45) is 0 Å². The zero-order valence-corrected chi connectivity index (χ0v) is 5.36. The zero-order chi connectivity index (χ0) is 6.41. The number of hydrogen-bond acceptors (Lipinski definition) is 0. The molecule has 0 atom stereocenters. The summed E-state index contributed by atoms with van der Waals surface area (Å²) in [6.45, 7) is 7.44. The monoisotopic (exact) mass is 106 g/mol. The lowest BCUT2D eigenvalue weighted by atomic mass is 10.4. The minimum atomic E-state index is 1.13. The fraction of sp³-hybridized carbons (Fsp3) is 0.250. The molecule has 0 amide bonds. The zero-order valence-electron chi connectivity index (χ0n) is 5.36. The molecule has 0 fully saturated rings. The fourth-order valence-corrected chi connectivity index (χ4v) is 0.245. The van der Waals surface area contributed by atoms with E-state index in [0.717, 1.165) is 5.57 Å². The van der Waals surface area contributed by atoms with Crippen molar-refractivity contribution in [1.29, 1.82) is 0 Å². The van der Waals surface area contributed by atoms with Crippen molar-refractivity contribution >= 4 is 0 Å². The summed E-state index contributed by atoms with van der Waals surface area (Å²) in [5, 5.41) is 0. The van der Waals surface area contributed by atoms with Gasteiger partial charge in [0.15, 0.2) is 0 Å². The summed E-state index contributed by atoms with van der Waals surface area (Å²) in [7, 11) is 0. The fourth-order valence-electron chi connectivity index (χ4n) is 0.245. The van der Waals surface area contributed by atoms with Crippen LogP contribution in [0.1, 0.15) is 13.8 Å². The average Bonchev–Trinajstić information content (AvgIpc) is 1.66. The van der Waals surface area contributed by atoms with Gasteiger partial charge >= 0.3 is 0 Å². The molecule has 0 heteroatoms. The summed E-state index contributed by atoms with van der Waals surface area (Å²) in [6, 6.07) is 0. The SMILES string of the molecule is C=CC=C=C=C(C)C. The third-order valence-corrected chi connectivity index (χ3v) is 0.523. The van der Waals surface area contributed by atoms with Crippen LogP contribution in [-0.4, -0.2) is 0 Å². The van der Waals surface area contributed by atoms with Crippen molar-refractivity contribution in [1.82, 2.24) is 0 Å². The first kappa shape index (κ1) is 7.04. The Labute approximate surface area is 50.5 Å². The predicted molar refractivity (Wildman–Crippen MR) is 36.7 cm³/mol. The lowest BCUT2D eigenvalue weighted by molar-refractivity contribution is 1.41. The highest BCUT2D eigenvalue weighted by molar-refractivity contribution is 5.00. The van der Waals surface area contributed by atoms with Gasteiger partial charge in [0.25, 0.3) is 0 Å². The van der Waals surface area contributed by atoms with Crippen molar-refractivity contribution in [2.75, 3.05) is 0 Å². The molecule has 0 aliphatic heterocycles. The van der Waals surface area contributed by atoms with Gasteiger partial charge in [0.2, 0.25) is 0 Å². The van der Waals surface area contributed by atoms with E-state index in [0.29, 0.717) is 0 Å². The normalized spacial score (nSPS) is 6.25. The van der Waals surface area contributed by atoms with Crippen LogP contribution in [0.4, 0.5) is 0 Å². The molecular formula is C8H10. The number of allylic oxidation sites excluding steroid dienone is 3. The minimum Gasteiger partial charge on any atom is -0.0984 e. The average molecular weight is 106 g/mol. The van der Waals surface area contributed by atoms with Gasteiger partial charge in [0.1, 0.15) is 0 Å². The molecular weight excluding hydrogens is 96.1 g/mol. The Morgan fingerprint density at radius 2 is 2.12 bits per heavy atom. The predicted octanol–water partition coefficient (Wildman–Crippen LogP) is 2.45. The molecule has 0 spiro atoms. The molecule has 0 rings (SSSR count). The smallest absolute Gasteiger partial charge is 0.0121 e. The highest BCUT2D eigenvalue weighted by atomic mass is 13.7. The summed E-state index contributed by atoms with van der Waals surface area (Å²) in [4.78, 5) is 0. The first-order valence-electron chi connectivity index (χ1n) is 2.53. The molecule has 0 N–H and O–H groups in total. The maximum Gasteiger partial charge on any atom is -0.0121 e.